The van der Waals surface area contributed by atoms with Gasteiger partial charge >= 0.3 is 6.03 Å². The summed E-state index contributed by atoms with van der Waals surface area (Å²) in [5.41, 5.74) is 3.42. The maximum absolute atomic E-state index is 11.7. The van der Waals surface area contributed by atoms with E-state index >= 15 is 0 Å². The number of aryl methyl sites for hydroxylation is 1. The fraction of sp³-hybridized carbons (Fsp3) is 0.125. The monoisotopic (exact) mass is 360 g/mol. The molecule has 4 N–H and O–H groups in total. The lowest BCUT2D eigenvalue weighted by Crippen LogP contribution is -2.22. The zero-order chi connectivity index (χ0) is 18.4. The van der Waals surface area contributed by atoms with E-state index < -0.39 is 22.0 Å². The van der Waals surface area contributed by atoms with Crippen LogP contribution in [0.5, 0.6) is 0 Å². The summed E-state index contributed by atoms with van der Waals surface area (Å²) in [7, 11) is -3.75. The second-order valence-electron chi connectivity index (χ2n) is 5.67. The second kappa shape index (κ2) is 5.87. The van der Waals surface area contributed by atoms with Gasteiger partial charge in [0.15, 0.2) is 0 Å². The summed E-state index contributed by atoms with van der Waals surface area (Å²) in [6.45, 7) is 3.75. The van der Waals surface area contributed by atoms with Gasteiger partial charge in [-0.2, -0.15) is 0 Å². The molecule has 1 aliphatic heterocycles. The maximum Gasteiger partial charge on any atom is 0.326 e. The summed E-state index contributed by atoms with van der Waals surface area (Å²) >= 11 is 0. The molecule has 0 atom stereocenters. The van der Waals surface area contributed by atoms with Gasteiger partial charge in [0.2, 0.25) is 10.0 Å². The highest BCUT2D eigenvalue weighted by Gasteiger charge is 2.23. The number of sulfonamides is 1. The molecule has 1 aliphatic rings. The lowest BCUT2D eigenvalue weighted by Gasteiger charge is -2.10. The minimum absolute atomic E-state index is 0.0337. The molecule has 8 nitrogen and oxygen atoms in total. The molecule has 9 heteroatoms. The number of nitrogens with one attached hydrogen (secondary N) is 2. The molecule has 0 unspecified atom stereocenters. The first-order valence-electron chi connectivity index (χ1n) is 7.33. The van der Waals surface area contributed by atoms with Gasteiger partial charge in [0, 0.05) is 17.1 Å². The molecule has 0 saturated carbocycles. The smallest absolute Gasteiger partial charge is 0.318 e. The van der Waals surface area contributed by atoms with Crippen LogP contribution in [0.3, 0.4) is 0 Å². The average Bonchev–Trinajstić information content (AvgIpc) is 2.98. The van der Waals surface area contributed by atoms with Crippen molar-refractivity contribution >= 4 is 28.0 Å². The Bertz CT molecular complexity index is 1020. The summed E-state index contributed by atoms with van der Waals surface area (Å²) < 4.78 is 24.6. The zero-order valence-electron chi connectivity index (χ0n) is 13.5. The number of nitrogens with two attached hydrogens (primary N) is 1. The first-order valence-corrected chi connectivity index (χ1v) is 8.87. The Morgan fingerprint density at radius 3 is 2.24 bits per heavy atom. The summed E-state index contributed by atoms with van der Waals surface area (Å²) in [6.07, 6.45) is 1.60. The van der Waals surface area contributed by atoms with Gasteiger partial charge in [-0.1, -0.05) is 0 Å². The number of primary sulfonamides is 1. The number of imide groups is 1. The summed E-state index contributed by atoms with van der Waals surface area (Å²) in [6, 6.07) is 7.50. The Balaban J connectivity index is 2.02. The number of benzene rings is 1. The number of urea groups is 1. The van der Waals surface area contributed by atoms with Crippen LogP contribution >= 0.6 is 0 Å². The van der Waals surface area contributed by atoms with Crippen LogP contribution in [0, 0.1) is 13.8 Å². The highest BCUT2D eigenvalue weighted by Crippen LogP contribution is 2.23. The van der Waals surface area contributed by atoms with Crippen LogP contribution in [-0.4, -0.2) is 24.9 Å². The summed E-state index contributed by atoms with van der Waals surface area (Å²) in [5.74, 6) is -0.479. The van der Waals surface area contributed by atoms with E-state index in [2.05, 4.69) is 10.6 Å². The molecule has 1 saturated heterocycles. The molecule has 1 aromatic carbocycles. The van der Waals surface area contributed by atoms with Crippen LogP contribution in [0.2, 0.25) is 0 Å². The zero-order valence-corrected chi connectivity index (χ0v) is 14.3. The third-order valence-corrected chi connectivity index (χ3v) is 4.84. The summed E-state index contributed by atoms with van der Waals surface area (Å²) in [5, 5.41) is 9.70. The molecule has 0 radical (unpaired) electrons. The van der Waals surface area contributed by atoms with Gasteiger partial charge in [-0.05, 0) is 55.8 Å². The van der Waals surface area contributed by atoms with Crippen molar-refractivity contribution in [3.8, 4) is 5.69 Å². The highest BCUT2D eigenvalue weighted by atomic mass is 32.2. The van der Waals surface area contributed by atoms with Crippen LogP contribution in [-0.2, 0) is 14.8 Å². The van der Waals surface area contributed by atoms with Gasteiger partial charge in [-0.15, -0.1) is 0 Å². The van der Waals surface area contributed by atoms with Gasteiger partial charge in [-0.3, -0.25) is 10.1 Å². The Morgan fingerprint density at radius 2 is 1.72 bits per heavy atom. The maximum atomic E-state index is 11.7. The van der Waals surface area contributed by atoms with E-state index in [-0.39, 0.29) is 10.6 Å². The van der Waals surface area contributed by atoms with Gasteiger partial charge in [0.1, 0.15) is 5.70 Å². The van der Waals surface area contributed by atoms with E-state index in [0.717, 1.165) is 22.6 Å². The van der Waals surface area contributed by atoms with Crippen LogP contribution in [0.15, 0.2) is 40.9 Å². The molecule has 0 aliphatic carbocycles. The van der Waals surface area contributed by atoms with Crippen molar-refractivity contribution in [2.45, 2.75) is 18.7 Å². The third-order valence-electron chi connectivity index (χ3n) is 3.91. The topological polar surface area (TPSA) is 123 Å². The molecule has 0 spiro atoms. The van der Waals surface area contributed by atoms with Crippen molar-refractivity contribution in [1.29, 1.82) is 0 Å². The Morgan fingerprint density at radius 1 is 1.08 bits per heavy atom. The Hall–Kier alpha value is -2.91. The number of aromatic nitrogens is 1. The predicted molar refractivity (Wildman–Crippen MR) is 91.3 cm³/mol. The van der Waals surface area contributed by atoms with Crippen LogP contribution in [0.25, 0.3) is 11.8 Å². The van der Waals surface area contributed by atoms with Crippen molar-refractivity contribution < 1.29 is 18.0 Å². The van der Waals surface area contributed by atoms with Crippen LogP contribution in [0.1, 0.15) is 17.0 Å². The van der Waals surface area contributed by atoms with E-state index in [9.17, 15) is 18.0 Å². The van der Waals surface area contributed by atoms with E-state index in [1.165, 1.54) is 12.1 Å². The van der Waals surface area contributed by atoms with E-state index in [1.54, 1.807) is 18.2 Å². The van der Waals surface area contributed by atoms with Crippen molar-refractivity contribution in [2.75, 3.05) is 0 Å². The highest BCUT2D eigenvalue weighted by molar-refractivity contribution is 7.89. The van der Waals surface area contributed by atoms with Crippen molar-refractivity contribution in [1.82, 2.24) is 15.2 Å². The first-order chi connectivity index (χ1) is 11.7. The molecule has 1 aromatic heterocycles. The molecule has 3 amide bonds. The van der Waals surface area contributed by atoms with Crippen molar-refractivity contribution in [3.05, 3.63) is 53.0 Å². The first kappa shape index (κ1) is 16.9. The number of rotatable bonds is 3. The van der Waals surface area contributed by atoms with Gasteiger partial charge < -0.3 is 9.88 Å². The number of carbonyl (C=O) groups is 2. The predicted octanol–water partition coefficient (Wildman–Crippen LogP) is 0.922. The molecule has 2 aromatic rings. The Labute approximate surface area is 144 Å². The van der Waals surface area contributed by atoms with E-state index in [4.69, 9.17) is 5.14 Å². The molecule has 130 valence electrons. The quantitative estimate of drug-likeness (QED) is 0.556. The number of amides is 3. The molecular weight excluding hydrogens is 344 g/mol. The molecule has 0 bridgehead atoms. The standard InChI is InChI=1S/C16H16N4O4S/c1-9-7-11(8-14-15(21)19-16(22)18-14)10(2)20(9)12-3-5-13(6-4-12)25(17,23)24/h3-8H,1-2H3,(H2,17,23,24)(H2,18,19,21,22). The third kappa shape index (κ3) is 3.19. The lowest BCUT2D eigenvalue weighted by molar-refractivity contribution is -0.115. The molecule has 3 rings (SSSR count). The number of hydrogen-bond donors (Lipinski definition) is 3. The lowest BCUT2D eigenvalue weighted by atomic mass is 10.2. The van der Waals surface area contributed by atoms with Crippen molar-refractivity contribution in [2.24, 2.45) is 5.14 Å². The fourth-order valence-corrected chi connectivity index (χ4v) is 3.27. The average molecular weight is 360 g/mol. The minimum atomic E-state index is -3.75. The minimum Gasteiger partial charge on any atom is -0.318 e. The number of hydrogen-bond acceptors (Lipinski definition) is 4. The number of nitrogens with zero attached hydrogens (tertiary/aromatic N) is 1. The van der Waals surface area contributed by atoms with Crippen molar-refractivity contribution in [3.63, 3.8) is 0 Å². The molecule has 25 heavy (non-hydrogen) atoms. The van der Waals surface area contributed by atoms with E-state index in [1.807, 2.05) is 24.5 Å². The number of carbonyl (C=O) groups excluding carboxylic acids is 2. The fourth-order valence-electron chi connectivity index (χ4n) is 2.75. The van der Waals surface area contributed by atoms with Gasteiger partial charge in [0.25, 0.3) is 5.91 Å². The normalized spacial score (nSPS) is 16.2. The molecular formula is C16H16N4O4S. The van der Waals surface area contributed by atoms with Crippen LogP contribution in [0.4, 0.5) is 4.79 Å². The molecule has 2 heterocycles. The van der Waals surface area contributed by atoms with E-state index in [0.29, 0.717) is 0 Å². The van der Waals surface area contributed by atoms with Gasteiger partial charge in [0.05, 0.1) is 4.90 Å². The Kier molecular flexibility index (Phi) is 3.97. The summed E-state index contributed by atoms with van der Waals surface area (Å²) in [4.78, 5) is 22.9. The largest absolute Gasteiger partial charge is 0.326 e. The second-order valence-corrected chi connectivity index (χ2v) is 7.23. The molecule has 1 fully saturated rings. The van der Waals surface area contributed by atoms with Crippen LogP contribution < -0.4 is 15.8 Å². The SMILES string of the molecule is Cc1cc(C=C2NC(=O)NC2=O)c(C)n1-c1ccc(S(N)(=O)=O)cc1. The van der Waals surface area contributed by atoms with Gasteiger partial charge in [-0.25, -0.2) is 18.4 Å².